The van der Waals surface area contributed by atoms with Crippen LogP contribution in [0.25, 0.3) is 0 Å². The molecule has 0 spiro atoms. The van der Waals surface area contributed by atoms with Crippen LogP contribution in [0.1, 0.15) is 23.1 Å². The van der Waals surface area contributed by atoms with E-state index in [2.05, 4.69) is 23.5 Å². The summed E-state index contributed by atoms with van der Waals surface area (Å²) in [6.45, 7) is 1.19. The van der Waals surface area contributed by atoms with Crippen LogP contribution in [-0.2, 0) is 12.0 Å². The van der Waals surface area contributed by atoms with Crippen molar-refractivity contribution < 1.29 is 9.84 Å². The third kappa shape index (κ3) is 3.21. The Labute approximate surface area is 136 Å². The second-order valence-electron chi connectivity index (χ2n) is 5.81. The average Bonchev–Trinajstić information content (AvgIpc) is 2.98. The van der Waals surface area contributed by atoms with Crippen molar-refractivity contribution in [3.63, 3.8) is 0 Å². The first-order chi connectivity index (χ1) is 11.3. The molecule has 2 aromatic carbocycles. The molecule has 23 heavy (non-hydrogen) atoms. The van der Waals surface area contributed by atoms with Gasteiger partial charge in [0.1, 0.15) is 12.4 Å². The molecule has 0 aliphatic heterocycles. The van der Waals surface area contributed by atoms with E-state index in [0.29, 0.717) is 24.5 Å². The second kappa shape index (κ2) is 6.82. The number of nitriles is 1. The SMILES string of the molecule is N#Cc1cccc(OCCNC2(CO)CCc3ccccc32)c1. The summed E-state index contributed by atoms with van der Waals surface area (Å²) in [6, 6.07) is 17.5. The highest BCUT2D eigenvalue weighted by molar-refractivity contribution is 5.39. The molecule has 118 valence electrons. The predicted octanol–water partition coefficient (Wildman–Crippen LogP) is 2.36. The third-order valence-electron chi connectivity index (χ3n) is 4.42. The zero-order valence-electron chi connectivity index (χ0n) is 13.0. The van der Waals surface area contributed by atoms with E-state index in [1.54, 1.807) is 12.1 Å². The van der Waals surface area contributed by atoms with Gasteiger partial charge in [-0.25, -0.2) is 0 Å². The number of nitrogens with one attached hydrogen (secondary N) is 1. The number of benzene rings is 2. The summed E-state index contributed by atoms with van der Waals surface area (Å²) >= 11 is 0. The maximum Gasteiger partial charge on any atom is 0.120 e. The number of aryl methyl sites for hydroxylation is 1. The van der Waals surface area contributed by atoms with Gasteiger partial charge in [-0.1, -0.05) is 30.3 Å². The minimum absolute atomic E-state index is 0.0773. The zero-order valence-corrected chi connectivity index (χ0v) is 13.0. The van der Waals surface area contributed by atoms with Crippen LogP contribution in [0.5, 0.6) is 5.75 Å². The van der Waals surface area contributed by atoms with E-state index in [1.165, 1.54) is 11.1 Å². The lowest BCUT2D eigenvalue weighted by Crippen LogP contribution is -2.45. The van der Waals surface area contributed by atoms with E-state index < -0.39 is 0 Å². The standard InChI is InChI=1S/C19H20N2O2/c20-13-15-4-3-6-17(12-15)23-11-10-21-19(14-22)9-8-16-5-1-2-7-18(16)19/h1-7,12,21-22H,8-11,14H2. The van der Waals surface area contributed by atoms with E-state index in [4.69, 9.17) is 10.00 Å². The fraction of sp³-hybridized carbons (Fsp3) is 0.316. The number of aliphatic hydroxyl groups excluding tert-OH is 1. The summed E-state index contributed by atoms with van der Waals surface area (Å²) < 4.78 is 5.69. The van der Waals surface area contributed by atoms with Gasteiger partial charge in [0, 0.05) is 6.54 Å². The molecular weight excluding hydrogens is 288 g/mol. The van der Waals surface area contributed by atoms with Crippen LogP contribution in [-0.4, -0.2) is 24.9 Å². The van der Waals surface area contributed by atoms with Gasteiger partial charge < -0.3 is 15.2 Å². The fourth-order valence-corrected chi connectivity index (χ4v) is 3.21. The van der Waals surface area contributed by atoms with Gasteiger partial charge in [0.25, 0.3) is 0 Å². The molecule has 1 aliphatic carbocycles. The van der Waals surface area contributed by atoms with Gasteiger partial charge in [-0.3, -0.25) is 0 Å². The minimum Gasteiger partial charge on any atom is -0.492 e. The number of aliphatic hydroxyl groups is 1. The summed E-state index contributed by atoms with van der Waals surface area (Å²) in [5.41, 5.74) is 2.71. The molecule has 0 saturated carbocycles. The van der Waals surface area contributed by atoms with Gasteiger partial charge in [0.05, 0.1) is 23.8 Å². The molecule has 0 saturated heterocycles. The van der Waals surface area contributed by atoms with Gasteiger partial charge in [-0.2, -0.15) is 5.26 Å². The predicted molar refractivity (Wildman–Crippen MR) is 88.2 cm³/mol. The van der Waals surface area contributed by atoms with Crippen molar-refractivity contribution in [2.75, 3.05) is 19.8 Å². The summed E-state index contributed by atoms with van der Waals surface area (Å²) in [5, 5.41) is 22.3. The average molecular weight is 308 g/mol. The molecule has 4 nitrogen and oxygen atoms in total. The Bertz CT molecular complexity index is 723. The molecule has 4 heteroatoms. The van der Waals surface area contributed by atoms with Crippen molar-refractivity contribution in [3.8, 4) is 11.8 Å². The van der Waals surface area contributed by atoms with Crippen LogP contribution in [0.3, 0.4) is 0 Å². The van der Waals surface area contributed by atoms with Crippen molar-refractivity contribution in [1.29, 1.82) is 5.26 Å². The van der Waals surface area contributed by atoms with Crippen molar-refractivity contribution in [1.82, 2.24) is 5.32 Å². The number of hydrogen-bond acceptors (Lipinski definition) is 4. The Balaban J connectivity index is 1.59. The molecule has 2 N–H and O–H groups in total. The molecule has 3 rings (SSSR count). The molecule has 2 aromatic rings. The molecule has 0 heterocycles. The van der Waals surface area contributed by atoms with Crippen LogP contribution >= 0.6 is 0 Å². The Hall–Kier alpha value is -2.35. The van der Waals surface area contributed by atoms with E-state index >= 15 is 0 Å². The number of hydrogen-bond donors (Lipinski definition) is 2. The van der Waals surface area contributed by atoms with Crippen molar-refractivity contribution >= 4 is 0 Å². The lowest BCUT2D eigenvalue weighted by Gasteiger charge is -2.29. The van der Waals surface area contributed by atoms with Crippen molar-refractivity contribution in [2.45, 2.75) is 18.4 Å². The number of ether oxygens (including phenoxy) is 1. The lowest BCUT2D eigenvalue weighted by atomic mass is 9.93. The number of fused-ring (bicyclic) bond motifs is 1. The Morgan fingerprint density at radius 1 is 1.22 bits per heavy atom. The molecular formula is C19H20N2O2. The maximum absolute atomic E-state index is 9.91. The first-order valence-electron chi connectivity index (χ1n) is 7.85. The third-order valence-corrected chi connectivity index (χ3v) is 4.42. The highest BCUT2D eigenvalue weighted by atomic mass is 16.5. The summed E-state index contributed by atoms with van der Waals surface area (Å²) in [4.78, 5) is 0. The normalized spacial score (nSPS) is 19.1. The van der Waals surface area contributed by atoms with Crippen LogP contribution in [0.15, 0.2) is 48.5 Å². The largest absolute Gasteiger partial charge is 0.492 e. The highest BCUT2D eigenvalue weighted by Crippen LogP contribution is 2.36. The smallest absolute Gasteiger partial charge is 0.120 e. The van der Waals surface area contributed by atoms with E-state index in [9.17, 15) is 5.11 Å². The van der Waals surface area contributed by atoms with Crippen LogP contribution in [0, 0.1) is 11.3 Å². The number of rotatable bonds is 6. The lowest BCUT2D eigenvalue weighted by molar-refractivity contribution is 0.153. The van der Waals surface area contributed by atoms with Crippen LogP contribution < -0.4 is 10.1 Å². The van der Waals surface area contributed by atoms with Crippen LogP contribution in [0.4, 0.5) is 0 Å². The zero-order chi connectivity index (χ0) is 16.1. The first kappa shape index (κ1) is 15.5. The van der Waals surface area contributed by atoms with Gasteiger partial charge in [-0.05, 0) is 42.2 Å². The van der Waals surface area contributed by atoms with E-state index in [1.807, 2.05) is 24.3 Å². The minimum atomic E-state index is -0.367. The van der Waals surface area contributed by atoms with Gasteiger partial charge in [0.15, 0.2) is 0 Å². The highest BCUT2D eigenvalue weighted by Gasteiger charge is 2.37. The monoisotopic (exact) mass is 308 g/mol. The Morgan fingerprint density at radius 2 is 2.09 bits per heavy atom. The molecule has 0 aromatic heterocycles. The summed E-state index contributed by atoms with van der Waals surface area (Å²) in [7, 11) is 0. The first-order valence-corrected chi connectivity index (χ1v) is 7.85. The summed E-state index contributed by atoms with van der Waals surface area (Å²) in [6.07, 6.45) is 1.88. The number of nitrogens with zero attached hydrogens (tertiary/aromatic N) is 1. The van der Waals surface area contributed by atoms with E-state index in [-0.39, 0.29) is 12.1 Å². The summed E-state index contributed by atoms with van der Waals surface area (Å²) in [5.74, 6) is 0.690. The van der Waals surface area contributed by atoms with Crippen molar-refractivity contribution in [2.24, 2.45) is 0 Å². The fourth-order valence-electron chi connectivity index (χ4n) is 3.21. The Morgan fingerprint density at radius 3 is 2.91 bits per heavy atom. The van der Waals surface area contributed by atoms with Crippen molar-refractivity contribution in [3.05, 3.63) is 65.2 Å². The molecule has 1 unspecified atom stereocenters. The van der Waals surface area contributed by atoms with E-state index in [0.717, 1.165) is 12.8 Å². The quantitative estimate of drug-likeness (QED) is 0.804. The molecule has 0 fully saturated rings. The van der Waals surface area contributed by atoms with Gasteiger partial charge in [0.2, 0.25) is 0 Å². The van der Waals surface area contributed by atoms with Gasteiger partial charge >= 0.3 is 0 Å². The van der Waals surface area contributed by atoms with Gasteiger partial charge in [-0.15, -0.1) is 0 Å². The van der Waals surface area contributed by atoms with Crippen LogP contribution in [0.2, 0.25) is 0 Å². The maximum atomic E-state index is 9.91. The topological polar surface area (TPSA) is 65.3 Å². The molecule has 0 bridgehead atoms. The molecule has 1 atom stereocenters. The molecule has 0 amide bonds. The second-order valence-corrected chi connectivity index (χ2v) is 5.81. The molecule has 1 aliphatic rings. The Kier molecular flexibility index (Phi) is 4.61. The molecule has 0 radical (unpaired) electrons.